The third kappa shape index (κ3) is 4.30. The molecule has 0 bridgehead atoms. The molecular formula is C26H29N5O2S. The fourth-order valence-electron chi connectivity index (χ4n) is 4.65. The highest BCUT2D eigenvalue weighted by Gasteiger charge is 2.21. The molecule has 4 heterocycles. The molecule has 0 atom stereocenters. The van der Waals surface area contributed by atoms with Crippen LogP contribution in [0.5, 0.6) is 0 Å². The minimum Gasteiger partial charge on any atom is -0.339 e. The number of aromatic nitrogens is 4. The summed E-state index contributed by atoms with van der Waals surface area (Å²) in [5.41, 5.74) is 3.36. The zero-order chi connectivity index (χ0) is 23.5. The molecule has 176 valence electrons. The van der Waals surface area contributed by atoms with Gasteiger partial charge < -0.3 is 4.90 Å². The van der Waals surface area contributed by atoms with Gasteiger partial charge in [0.15, 0.2) is 0 Å². The summed E-state index contributed by atoms with van der Waals surface area (Å²) in [5.74, 6) is 1.43. The number of unbranched alkanes of at least 4 members (excludes halogenated alkanes) is 2. The van der Waals surface area contributed by atoms with Crippen LogP contribution in [0.4, 0.5) is 0 Å². The zero-order valence-electron chi connectivity index (χ0n) is 19.4. The fourth-order valence-corrected chi connectivity index (χ4v) is 5.48. The van der Waals surface area contributed by atoms with Crippen molar-refractivity contribution in [2.45, 2.75) is 52.0 Å². The van der Waals surface area contributed by atoms with Gasteiger partial charge in [0.1, 0.15) is 10.5 Å². The smallest absolute Gasteiger partial charge is 0.272 e. The van der Waals surface area contributed by atoms with Crippen molar-refractivity contribution in [3.8, 4) is 0 Å². The second-order valence-corrected chi connectivity index (χ2v) is 9.65. The van der Waals surface area contributed by atoms with Crippen molar-refractivity contribution in [2.24, 2.45) is 0 Å². The zero-order valence-corrected chi connectivity index (χ0v) is 20.3. The molecule has 0 radical (unpaired) electrons. The standard InChI is InChI=1S/C26H29N5O2S/c1-2-3-7-15-30-25(33)24-21(14-18-34-24)31-22(27-28-26(30)31)10-11-23(32)29-16-12-20(13-17-29)19-8-5-4-6-9-19/h4-6,8-9,12,14,18H,2-3,7,10-11,13,15-17H2,1H3. The molecule has 3 aromatic heterocycles. The van der Waals surface area contributed by atoms with Gasteiger partial charge in [0, 0.05) is 32.5 Å². The Morgan fingerprint density at radius 2 is 1.97 bits per heavy atom. The number of hydrogen-bond acceptors (Lipinski definition) is 5. The molecular weight excluding hydrogens is 446 g/mol. The molecule has 34 heavy (non-hydrogen) atoms. The molecule has 4 aromatic rings. The molecule has 1 aromatic carbocycles. The van der Waals surface area contributed by atoms with Crippen molar-refractivity contribution < 1.29 is 4.79 Å². The molecule has 1 aliphatic heterocycles. The summed E-state index contributed by atoms with van der Waals surface area (Å²) in [4.78, 5) is 27.9. The lowest BCUT2D eigenvalue weighted by Crippen LogP contribution is -2.34. The number of fused-ring (bicyclic) bond motifs is 3. The van der Waals surface area contributed by atoms with Crippen LogP contribution in [0, 0.1) is 0 Å². The van der Waals surface area contributed by atoms with E-state index < -0.39 is 0 Å². The van der Waals surface area contributed by atoms with Gasteiger partial charge in [-0.3, -0.25) is 18.6 Å². The van der Waals surface area contributed by atoms with E-state index >= 15 is 0 Å². The number of aryl methyl sites for hydroxylation is 2. The quantitative estimate of drug-likeness (QED) is 0.351. The SMILES string of the molecule is CCCCCn1c(=O)c2sccc2n2c(CCC(=O)N3CC=C(c4ccccc4)CC3)nnc12. The summed E-state index contributed by atoms with van der Waals surface area (Å²) in [6.07, 6.45) is 6.96. The highest BCUT2D eigenvalue weighted by molar-refractivity contribution is 7.17. The Bertz CT molecular complexity index is 1400. The molecule has 0 saturated carbocycles. The number of amides is 1. The summed E-state index contributed by atoms with van der Waals surface area (Å²) < 4.78 is 4.43. The first kappa shape index (κ1) is 22.5. The van der Waals surface area contributed by atoms with Gasteiger partial charge in [0.05, 0.1) is 5.52 Å². The van der Waals surface area contributed by atoms with Crippen LogP contribution in [0.2, 0.25) is 0 Å². The molecule has 0 unspecified atom stereocenters. The summed E-state index contributed by atoms with van der Waals surface area (Å²) in [6.45, 7) is 4.14. The normalized spacial score (nSPS) is 14.1. The summed E-state index contributed by atoms with van der Waals surface area (Å²) in [7, 11) is 0. The maximum absolute atomic E-state index is 13.0. The van der Waals surface area contributed by atoms with Gasteiger partial charge in [-0.15, -0.1) is 21.5 Å². The molecule has 5 rings (SSSR count). The Labute approximate surface area is 202 Å². The second kappa shape index (κ2) is 9.93. The Hall–Kier alpha value is -3.26. The monoisotopic (exact) mass is 475 g/mol. The van der Waals surface area contributed by atoms with Gasteiger partial charge in [0.25, 0.3) is 5.56 Å². The molecule has 1 aliphatic rings. The summed E-state index contributed by atoms with van der Waals surface area (Å²) in [6, 6.07) is 12.3. The Morgan fingerprint density at radius 3 is 2.74 bits per heavy atom. The van der Waals surface area contributed by atoms with Gasteiger partial charge in [0.2, 0.25) is 11.7 Å². The van der Waals surface area contributed by atoms with E-state index in [-0.39, 0.29) is 11.5 Å². The number of thiophene rings is 1. The molecule has 0 saturated heterocycles. The van der Waals surface area contributed by atoms with Crippen LogP contribution >= 0.6 is 11.3 Å². The Kier molecular flexibility index (Phi) is 6.58. The number of carbonyl (C=O) groups excluding carboxylic acids is 1. The fraction of sp³-hybridized carbons (Fsp3) is 0.385. The van der Waals surface area contributed by atoms with Crippen molar-refractivity contribution >= 4 is 38.8 Å². The molecule has 0 fully saturated rings. The van der Waals surface area contributed by atoms with Crippen LogP contribution in [0.15, 0.2) is 52.6 Å². The summed E-state index contributed by atoms with van der Waals surface area (Å²) in [5, 5.41) is 10.7. The number of hydrogen-bond donors (Lipinski definition) is 0. The lowest BCUT2D eigenvalue weighted by molar-refractivity contribution is -0.130. The van der Waals surface area contributed by atoms with E-state index in [0.717, 1.165) is 43.6 Å². The van der Waals surface area contributed by atoms with E-state index in [1.165, 1.54) is 22.5 Å². The third-order valence-electron chi connectivity index (χ3n) is 6.53. The van der Waals surface area contributed by atoms with Crippen LogP contribution in [0.3, 0.4) is 0 Å². The average Bonchev–Trinajstić information content (AvgIpc) is 3.53. The van der Waals surface area contributed by atoms with Crippen LogP contribution in [0.1, 0.15) is 50.4 Å². The van der Waals surface area contributed by atoms with E-state index in [1.807, 2.05) is 38.9 Å². The third-order valence-corrected chi connectivity index (χ3v) is 7.42. The molecule has 8 heteroatoms. The van der Waals surface area contributed by atoms with Crippen LogP contribution in [0.25, 0.3) is 21.6 Å². The van der Waals surface area contributed by atoms with Gasteiger partial charge in [-0.25, -0.2) is 0 Å². The molecule has 0 aliphatic carbocycles. The van der Waals surface area contributed by atoms with Crippen LogP contribution < -0.4 is 5.56 Å². The molecule has 7 nitrogen and oxygen atoms in total. The minimum absolute atomic E-state index is 0.00189. The predicted octanol–water partition coefficient (Wildman–Crippen LogP) is 4.54. The largest absolute Gasteiger partial charge is 0.339 e. The minimum atomic E-state index is -0.00189. The van der Waals surface area contributed by atoms with E-state index in [2.05, 4.69) is 35.3 Å². The molecule has 1 amide bonds. The molecule has 0 spiro atoms. The van der Waals surface area contributed by atoms with Gasteiger partial charge in [-0.2, -0.15) is 0 Å². The van der Waals surface area contributed by atoms with E-state index in [9.17, 15) is 9.59 Å². The Morgan fingerprint density at radius 1 is 1.12 bits per heavy atom. The highest BCUT2D eigenvalue weighted by Crippen LogP contribution is 2.23. The van der Waals surface area contributed by atoms with Crippen molar-refractivity contribution in [1.82, 2.24) is 24.1 Å². The van der Waals surface area contributed by atoms with E-state index in [0.29, 0.717) is 36.4 Å². The lowest BCUT2D eigenvalue weighted by Gasteiger charge is -2.26. The van der Waals surface area contributed by atoms with Crippen molar-refractivity contribution in [3.05, 3.63) is 69.6 Å². The lowest BCUT2D eigenvalue weighted by atomic mass is 9.99. The van der Waals surface area contributed by atoms with Gasteiger partial charge in [-0.1, -0.05) is 56.2 Å². The van der Waals surface area contributed by atoms with Crippen molar-refractivity contribution in [2.75, 3.05) is 13.1 Å². The highest BCUT2D eigenvalue weighted by atomic mass is 32.1. The van der Waals surface area contributed by atoms with E-state index in [1.54, 1.807) is 4.57 Å². The topological polar surface area (TPSA) is 72.5 Å². The van der Waals surface area contributed by atoms with Crippen molar-refractivity contribution in [1.29, 1.82) is 0 Å². The van der Waals surface area contributed by atoms with Crippen LogP contribution in [-0.2, 0) is 17.8 Å². The van der Waals surface area contributed by atoms with Crippen molar-refractivity contribution in [3.63, 3.8) is 0 Å². The first-order valence-electron chi connectivity index (χ1n) is 12.0. The number of benzene rings is 1. The van der Waals surface area contributed by atoms with Gasteiger partial charge in [-0.05, 0) is 35.4 Å². The number of nitrogens with zero attached hydrogens (tertiary/aromatic N) is 5. The maximum atomic E-state index is 13.0. The number of carbonyl (C=O) groups is 1. The Balaban J connectivity index is 1.33. The first-order valence-corrected chi connectivity index (χ1v) is 12.9. The number of rotatable bonds is 8. The average molecular weight is 476 g/mol. The maximum Gasteiger partial charge on any atom is 0.272 e. The first-order chi connectivity index (χ1) is 16.7. The van der Waals surface area contributed by atoms with Crippen LogP contribution in [-0.4, -0.2) is 43.1 Å². The van der Waals surface area contributed by atoms with E-state index in [4.69, 9.17) is 0 Å². The predicted molar refractivity (Wildman–Crippen MR) is 136 cm³/mol. The van der Waals surface area contributed by atoms with Gasteiger partial charge >= 0.3 is 0 Å². The molecule has 0 N–H and O–H groups in total. The second-order valence-electron chi connectivity index (χ2n) is 8.74. The summed E-state index contributed by atoms with van der Waals surface area (Å²) >= 11 is 1.45.